The van der Waals surface area contributed by atoms with E-state index in [0.717, 1.165) is 4.90 Å². The normalized spacial score (nSPS) is 14.4. The Morgan fingerprint density at radius 3 is 2.55 bits per heavy atom. The van der Waals surface area contributed by atoms with E-state index in [9.17, 15) is 19.2 Å². The molecular formula is C27H21BrClN3O6. The molecule has 1 aliphatic rings. The number of halogens is 2. The van der Waals surface area contributed by atoms with Gasteiger partial charge in [0.2, 0.25) is 0 Å². The summed E-state index contributed by atoms with van der Waals surface area (Å²) in [6, 6.07) is 16.0. The minimum atomic E-state index is -0.876. The molecule has 1 aliphatic heterocycles. The monoisotopic (exact) mass is 597 g/mol. The maximum atomic E-state index is 13.3. The quantitative estimate of drug-likeness (QED) is 0.289. The molecule has 38 heavy (non-hydrogen) atoms. The highest BCUT2D eigenvalue weighted by Gasteiger charge is 2.37. The van der Waals surface area contributed by atoms with Gasteiger partial charge in [-0.25, -0.2) is 9.69 Å². The number of hydrogen-bond donors (Lipinski definition) is 2. The molecule has 1 saturated heterocycles. The van der Waals surface area contributed by atoms with E-state index in [1.165, 1.54) is 19.3 Å². The van der Waals surface area contributed by atoms with Crippen LogP contribution in [0.2, 0.25) is 5.02 Å². The zero-order valence-electron chi connectivity index (χ0n) is 20.2. The molecule has 0 radical (unpaired) electrons. The van der Waals surface area contributed by atoms with Gasteiger partial charge in [-0.15, -0.1) is 0 Å². The topological polar surface area (TPSA) is 114 Å². The average molecular weight is 599 g/mol. The van der Waals surface area contributed by atoms with Crippen molar-refractivity contribution >= 4 is 68.7 Å². The Morgan fingerprint density at radius 1 is 1.11 bits per heavy atom. The largest absolute Gasteiger partial charge is 0.493 e. The number of nitrogens with zero attached hydrogens (tertiary/aromatic N) is 1. The summed E-state index contributed by atoms with van der Waals surface area (Å²) in [5.41, 5.74) is 1.53. The zero-order chi connectivity index (χ0) is 27.4. The van der Waals surface area contributed by atoms with E-state index in [4.69, 9.17) is 21.1 Å². The van der Waals surface area contributed by atoms with Crippen LogP contribution in [0.25, 0.3) is 6.08 Å². The highest BCUT2D eigenvalue weighted by molar-refractivity contribution is 9.10. The molecule has 194 valence electrons. The number of anilines is 2. The van der Waals surface area contributed by atoms with Crippen molar-refractivity contribution in [1.82, 2.24) is 5.32 Å². The molecule has 4 rings (SSSR count). The van der Waals surface area contributed by atoms with Gasteiger partial charge in [0.25, 0.3) is 17.7 Å². The van der Waals surface area contributed by atoms with E-state index in [1.54, 1.807) is 55.5 Å². The molecule has 0 unspecified atom stereocenters. The Balaban J connectivity index is 1.59. The highest BCUT2D eigenvalue weighted by Crippen LogP contribution is 2.38. The predicted molar refractivity (Wildman–Crippen MR) is 146 cm³/mol. The van der Waals surface area contributed by atoms with Crippen LogP contribution >= 0.6 is 27.5 Å². The fraction of sp³-hybridized carbons (Fsp3) is 0.111. The molecule has 0 aromatic heterocycles. The summed E-state index contributed by atoms with van der Waals surface area (Å²) in [7, 11) is 1.41. The molecule has 0 aliphatic carbocycles. The Morgan fingerprint density at radius 2 is 1.84 bits per heavy atom. The number of urea groups is 1. The van der Waals surface area contributed by atoms with E-state index >= 15 is 0 Å². The molecule has 0 spiro atoms. The summed E-state index contributed by atoms with van der Waals surface area (Å²) < 4.78 is 11.5. The fourth-order valence-electron chi connectivity index (χ4n) is 3.70. The van der Waals surface area contributed by atoms with Crippen molar-refractivity contribution in [3.05, 3.63) is 86.9 Å². The zero-order valence-corrected chi connectivity index (χ0v) is 22.6. The molecule has 0 bridgehead atoms. The van der Waals surface area contributed by atoms with Gasteiger partial charge in [0, 0.05) is 10.7 Å². The number of benzene rings is 3. The number of para-hydroxylation sites is 1. The molecule has 1 heterocycles. The number of ether oxygens (including phenoxy) is 2. The summed E-state index contributed by atoms with van der Waals surface area (Å²) in [5.74, 6) is -1.52. The van der Waals surface area contributed by atoms with E-state index in [-0.39, 0.29) is 35.3 Å². The predicted octanol–water partition coefficient (Wildman–Crippen LogP) is 5.10. The van der Waals surface area contributed by atoms with Gasteiger partial charge in [0.1, 0.15) is 5.57 Å². The maximum Gasteiger partial charge on any atom is 0.335 e. The van der Waals surface area contributed by atoms with Crippen molar-refractivity contribution < 1.29 is 28.7 Å². The van der Waals surface area contributed by atoms with Crippen molar-refractivity contribution in [2.75, 3.05) is 23.9 Å². The molecule has 11 heteroatoms. The summed E-state index contributed by atoms with van der Waals surface area (Å²) in [4.78, 5) is 51.6. The lowest BCUT2D eigenvalue weighted by atomic mass is 10.1. The Kier molecular flexibility index (Phi) is 8.13. The second-order valence-corrected chi connectivity index (χ2v) is 9.34. The molecule has 3 aromatic carbocycles. The molecule has 2 N–H and O–H groups in total. The molecule has 5 amide bonds. The van der Waals surface area contributed by atoms with Gasteiger partial charge in [0.15, 0.2) is 18.1 Å². The molecule has 3 aromatic rings. The van der Waals surface area contributed by atoms with Crippen LogP contribution in [0.5, 0.6) is 11.5 Å². The van der Waals surface area contributed by atoms with Crippen molar-refractivity contribution in [3.63, 3.8) is 0 Å². The Hall–Kier alpha value is -4.15. The van der Waals surface area contributed by atoms with Crippen molar-refractivity contribution in [2.24, 2.45) is 0 Å². The lowest BCUT2D eigenvalue weighted by Gasteiger charge is -2.27. The second kappa shape index (κ2) is 11.5. The summed E-state index contributed by atoms with van der Waals surface area (Å²) >= 11 is 9.56. The van der Waals surface area contributed by atoms with E-state index in [1.807, 2.05) is 6.07 Å². The average Bonchev–Trinajstić information content (AvgIpc) is 2.88. The van der Waals surface area contributed by atoms with Gasteiger partial charge in [0.05, 0.1) is 17.3 Å². The number of barbiturate groups is 1. The lowest BCUT2D eigenvalue weighted by molar-refractivity contribution is -0.122. The first-order valence-corrected chi connectivity index (χ1v) is 12.4. The minimum Gasteiger partial charge on any atom is -0.493 e. The van der Waals surface area contributed by atoms with Crippen LogP contribution in [-0.4, -0.2) is 37.5 Å². The van der Waals surface area contributed by atoms with Gasteiger partial charge in [-0.3, -0.25) is 19.7 Å². The first-order valence-electron chi connectivity index (χ1n) is 11.2. The van der Waals surface area contributed by atoms with Gasteiger partial charge in [-0.2, -0.15) is 0 Å². The van der Waals surface area contributed by atoms with E-state index in [2.05, 4.69) is 26.6 Å². The maximum absolute atomic E-state index is 13.3. The molecule has 1 fully saturated rings. The Bertz CT molecular complexity index is 1480. The van der Waals surface area contributed by atoms with Gasteiger partial charge in [-0.1, -0.05) is 35.9 Å². The van der Waals surface area contributed by atoms with Gasteiger partial charge < -0.3 is 14.8 Å². The van der Waals surface area contributed by atoms with Gasteiger partial charge >= 0.3 is 6.03 Å². The van der Waals surface area contributed by atoms with Crippen LogP contribution in [0.4, 0.5) is 16.2 Å². The Labute approximate surface area is 231 Å². The van der Waals surface area contributed by atoms with Crippen LogP contribution in [0.15, 0.2) is 70.7 Å². The van der Waals surface area contributed by atoms with E-state index in [0.29, 0.717) is 26.3 Å². The number of methoxy groups -OCH3 is 1. The third-order valence-electron chi connectivity index (χ3n) is 5.55. The summed E-state index contributed by atoms with van der Waals surface area (Å²) in [6.45, 7) is 1.38. The smallest absolute Gasteiger partial charge is 0.335 e. The van der Waals surface area contributed by atoms with Crippen LogP contribution in [0.3, 0.4) is 0 Å². The first-order chi connectivity index (χ1) is 18.2. The minimum absolute atomic E-state index is 0.251. The van der Waals surface area contributed by atoms with Crippen LogP contribution in [-0.2, 0) is 14.4 Å². The molecule has 0 atom stereocenters. The number of carbonyl (C=O) groups excluding carboxylic acids is 4. The number of nitrogens with one attached hydrogen (secondary N) is 2. The fourth-order valence-corrected chi connectivity index (χ4v) is 4.44. The number of imide groups is 2. The third kappa shape index (κ3) is 5.71. The second-order valence-electron chi connectivity index (χ2n) is 8.08. The molecule has 0 saturated carbocycles. The third-order valence-corrected chi connectivity index (χ3v) is 6.55. The molecular weight excluding hydrogens is 578 g/mol. The first kappa shape index (κ1) is 26.9. The SMILES string of the molecule is COc1cc(/C=C2\C(=O)NC(=O)N(c3cccc(Cl)c3C)C2=O)cc(Br)c1OCC(=O)Nc1ccccc1. The number of carbonyl (C=O) groups is 4. The van der Waals surface area contributed by atoms with Gasteiger partial charge in [-0.05, 0) is 76.5 Å². The van der Waals surface area contributed by atoms with Crippen molar-refractivity contribution in [1.29, 1.82) is 0 Å². The van der Waals surface area contributed by atoms with Crippen LogP contribution in [0, 0.1) is 6.92 Å². The summed E-state index contributed by atoms with van der Waals surface area (Å²) in [6.07, 6.45) is 1.33. The summed E-state index contributed by atoms with van der Waals surface area (Å²) in [5, 5.41) is 5.28. The highest BCUT2D eigenvalue weighted by atomic mass is 79.9. The van der Waals surface area contributed by atoms with E-state index < -0.39 is 17.8 Å². The number of rotatable bonds is 7. The number of amides is 5. The molecule has 9 nitrogen and oxygen atoms in total. The number of hydrogen-bond acceptors (Lipinski definition) is 6. The van der Waals surface area contributed by atoms with Crippen LogP contribution in [0.1, 0.15) is 11.1 Å². The lowest BCUT2D eigenvalue weighted by Crippen LogP contribution is -2.54. The van der Waals surface area contributed by atoms with Crippen molar-refractivity contribution in [3.8, 4) is 11.5 Å². The van der Waals surface area contributed by atoms with Crippen molar-refractivity contribution in [2.45, 2.75) is 6.92 Å². The standard InChI is InChI=1S/C27H21BrClN3O6/c1-15-20(29)9-6-10-21(15)32-26(35)18(25(34)31-27(32)36)11-16-12-19(28)24(22(13-16)37-2)38-14-23(33)30-17-7-4-3-5-8-17/h3-13H,14H2,1-2H3,(H,30,33)(H,31,34,36)/b18-11+. The van der Waals surface area contributed by atoms with Crippen LogP contribution < -0.4 is 25.0 Å².